The Morgan fingerprint density at radius 2 is 1.96 bits per heavy atom. The molecular weight excluding hydrogens is 348 g/mol. The second kappa shape index (κ2) is 6.80. The number of halogens is 2. The van der Waals surface area contributed by atoms with Crippen LogP contribution < -0.4 is 4.74 Å². The molecule has 0 aliphatic carbocycles. The van der Waals surface area contributed by atoms with Crippen molar-refractivity contribution in [1.82, 2.24) is 4.90 Å². The van der Waals surface area contributed by atoms with E-state index in [9.17, 15) is 13.6 Å². The lowest BCUT2D eigenvalue weighted by molar-refractivity contribution is -0.127. The van der Waals surface area contributed by atoms with E-state index in [1.165, 1.54) is 35.4 Å². The molecule has 2 aliphatic rings. The monoisotopic (exact) mass is 369 g/mol. The Morgan fingerprint density at radius 3 is 2.74 bits per heavy atom. The van der Waals surface area contributed by atoms with Gasteiger partial charge in [-0.3, -0.25) is 4.79 Å². The number of rotatable bonds is 2. The number of aryl methyl sites for hydroxylation is 1. The standard InChI is InChI=1S/C22H21F2NO2/c1-15-5-7-19-17(13-15)22(14-27-19)9-11-25(12-10-22)20(26)8-6-16-3-2-4-18(23)21(16)24/h2-8,13H,9-12,14H2,1H3/b8-6+. The molecule has 2 aromatic carbocycles. The number of hydrogen-bond acceptors (Lipinski definition) is 2. The van der Waals surface area contributed by atoms with Gasteiger partial charge in [0.25, 0.3) is 0 Å². The molecule has 140 valence electrons. The molecule has 0 saturated carbocycles. The Kier molecular flexibility index (Phi) is 4.46. The van der Waals surface area contributed by atoms with Gasteiger partial charge < -0.3 is 9.64 Å². The molecule has 1 fully saturated rings. The Bertz CT molecular complexity index is 915. The van der Waals surface area contributed by atoms with E-state index in [4.69, 9.17) is 4.74 Å². The number of likely N-dealkylation sites (tertiary alicyclic amines) is 1. The molecule has 0 radical (unpaired) electrons. The maximum atomic E-state index is 13.7. The molecule has 1 spiro atoms. The highest BCUT2D eigenvalue weighted by Crippen LogP contribution is 2.45. The highest BCUT2D eigenvalue weighted by Gasteiger charge is 2.43. The van der Waals surface area contributed by atoms with E-state index in [0.717, 1.165) is 24.7 Å². The Hall–Kier alpha value is -2.69. The van der Waals surface area contributed by atoms with Crippen LogP contribution in [0.4, 0.5) is 8.78 Å². The lowest BCUT2D eigenvalue weighted by atomic mass is 9.74. The van der Waals surface area contributed by atoms with E-state index in [1.807, 2.05) is 12.1 Å². The lowest BCUT2D eigenvalue weighted by Crippen LogP contribution is -2.45. The molecule has 1 saturated heterocycles. The zero-order valence-corrected chi connectivity index (χ0v) is 15.2. The third-order valence-electron chi connectivity index (χ3n) is 5.63. The highest BCUT2D eigenvalue weighted by atomic mass is 19.2. The first kappa shape index (κ1) is 17.7. The molecular formula is C22H21F2NO2. The van der Waals surface area contributed by atoms with Crippen LogP contribution in [0.5, 0.6) is 5.75 Å². The van der Waals surface area contributed by atoms with Gasteiger partial charge in [0.2, 0.25) is 5.91 Å². The van der Waals surface area contributed by atoms with Crippen LogP contribution in [0.1, 0.15) is 29.5 Å². The number of hydrogen-bond donors (Lipinski definition) is 0. The Balaban J connectivity index is 1.44. The number of benzene rings is 2. The SMILES string of the molecule is Cc1ccc2c(c1)C1(CCN(C(=O)/C=C/c3cccc(F)c3F)CC1)CO2. The minimum Gasteiger partial charge on any atom is -0.492 e. The molecule has 0 aromatic heterocycles. The van der Waals surface area contributed by atoms with Gasteiger partial charge in [-0.15, -0.1) is 0 Å². The quantitative estimate of drug-likeness (QED) is 0.741. The van der Waals surface area contributed by atoms with E-state index in [1.54, 1.807) is 4.90 Å². The van der Waals surface area contributed by atoms with Crippen molar-refractivity contribution in [2.24, 2.45) is 0 Å². The van der Waals surface area contributed by atoms with Crippen LogP contribution in [-0.2, 0) is 10.2 Å². The fourth-order valence-corrected chi connectivity index (χ4v) is 3.96. The van der Waals surface area contributed by atoms with Crippen molar-refractivity contribution in [1.29, 1.82) is 0 Å². The molecule has 0 atom stereocenters. The van der Waals surface area contributed by atoms with Gasteiger partial charge in [0.05, 0.1) is 6.61 Å². The number of nitrogens with zero attached hydrogens (tertiary/aromatic N) is 1. The zero-order valence-electron chi connectivity index (χ0n) is 15.2. The van der Waals surface area contributed by atoms with Gasteiger partial charge in [-0.1, -0.05) is 29.8 Å². The lowest BCUT2D eigenvalue weighted by Gasteiger charge is -2.38. The van der Waals surface area contributed by atoms with Gasteiger partial charge in [-0.05, 0) is 38.0 Å². The number of ether oxygens (including phenoxy) is 1. The highest BCUT2D eigenvalue weighted by molar-refractivity contribution is 5.91. The minimum atomic E-state index is -0.936. The summed E-state index contributed by atoms with van der Waals surface area (Å²) in [6, 6.07) is 10.2. The average Bonchev–Trinajstić information content (AvgIpc) is 3.01. The van der Waals surface area contributed by atoms with Gasteiger partial charge in [0, 0.05) is 35.7 Å². The summed E-state index contributed by atoms with van der Waals surface area (Å²) in [5.74, 6) is -1.09. The number of piperidine rings is 1. The number of amides is 1. The summed E-state index contributed by atoms with van der Waals surface area (Å²) in [7, 11) is 0. The van der Waals surface area contributed by atoms with Crippen LogP contribution >= 0.6 is 0 Å². The first-order chi connectivity index (χ1) is 13.0. The van der Waals surface area contributed by atoms with Gasteiger partial charge in [-0.25, -0.2) is 8.78 Å². The molecule has 2 heterocycles. The topological polar surface area (TPSA) is 29.5 Å². The van der Waals surface area contributed by atoms with Gasteiger partial charge >= 0.3 is 0 Å². The van der Waals surface area contributed by atoms with Crippen molar-refractivity contribution in [2.45, 2.75) is 25.2 Å². The molecule has 2 aromatic rings. The predicted molar refractivity (Wildman–Crippen MR) is 99.6 cm³/mol. The molecule has 1 amide bonds. The maximum absolute atomic E-state index is 13.7. The van der Waals surface area contributed by atoms with E-state index in [2.05, 4.69) is 13.0 Å². The van der Waals surface area contributed by atoms with Crippen molar-refractivity contribution >= 4 is 12.0 Å². The fraction of sp³-hybridized carbons (Fsp3) is 0.318. The summed E-state index contributed by atoms with van der Waals surface area (Å²) in [6.45, 7) is 3.95. The Morgan fingerprint density at radius 1 is 1.19 bits per heavy atom. The molecule has 5 heteroatoms. The summed E-state index contributed by atoms with van der Waals surface area (Å²) in [4.78, 5) is 14.2. The van der Waals surface area contributed by atoms with Crippen molar-refractivity contribution in [3.05, 3.63) is 70.8 Å². The number of carbonyl (C=O) groups excluding carboxylic acids is 1. The normalized spacial score (nSPS) is 18.0. The van der Waals surface area contributed by atoms with E-state index < -0.39 is 11.6 Å². The van der Waals surface area contributed by atoms with Gasteiger partial charge in [-0.2, -0.15) is 0 Å². The molecule has 3 nitrogen and oxygen atoms in total. The molecule has 0 unspecified atom stereocenters. The smallest absolute Gasteiger partial charge is 0.246 e. The second-order valence-corrected chi connectivity index (χ2v) is 7.37. The summed E-state index contributed by atoms with van der Waals surface area (Å²) in [5, 5.41) is 0. The van der Waals surface area contributed by atoms with Gasteiger partial charge in [0.15, 0.2) is 11.6 Å². The first-order valence-electron chi connectivity index (χ1n) is 9.13. The summed E-state index contributed by atoms with van der Waals surface area (Å²) in [5.41, 5.74) is 2.49. The van der Waals surface area contributed by atoms with Crippen LogP contribution in [0.25, 0.3) is 6.08 Å². The number of fused-ring (bicyclic) bond motifs is 2. The Labute approximate surface area is 157 Å². The van der Waals surface area contributed by atoms with Crippen molar-refractivity contribution in [3.8, 4) is 5.75 Å². The van der Waals surface area contributed by atoms with Crippen LogP contribution in [0.15, 0.2) is 42.5 Å². The number of carbonyl (C=O) groups is 1. The molecule has 0 N–H and O–H groups in total. The molecule has 4 rings (SSSR count). The fourth-order valence-electron chi connectivity index (χ4n) is 3.96. The maximum Gasteiger partial charge on any atom is 0.246 e. The zero-order chi connectivity index (χ0) is 19.0. The molecule has 27 heavy (non-hydrogen) atoms. The van der Waals surface area contributed by atoms with E-state index >= 15 is 0 Å². The van der Waals surface area contributed by atoms with Crippen LogP contribution in [0, 0.1) is 18.6 Å². The summed E-state index contributed by atoms with van der Waals surface area (Å²) in [6.07, 6.45) is 4.32. The third-order valence-corrected chi connectivity index (χ3v) is 5.63. The first-order valence-corrected chi connectivity index (χ1v) is 9.13. The van der Waals surface area contributed by atoms with E-state index in [-0.39, 0.29) is 16.9 Å². The average molecular weight is 369 g/mol. The summed E-state index contributed by atoms with van der Waals surface area (Å²) >= 11 is 0. The van der Waals surface area contributed by atoms with Crippen LogP contribution in [0.3, 0.4) is 0 Å². The summed E-state index contributed by atoms with van der Waals surface area (Å²) < 4.78 is 32.8. The molecule has 0 bridgehead atoms. The van der Waals surface area contributed by atoms with Crippen molar-refractivity contribution in [3.63, 3.8) is 0 Å². The van der Waals surface area contributed by atoms with Crippen LogP contribution in [-0.4, -0.2) is 30.5 Å². The second-order valence-electron chi connectivity index (χ2n) is 7.37. The predicted octanol–water partition coefficient (Wildman–Crippen LogP) is 4.24. The van der Waals surface area contributed by atoms with E-state index in [0.29, 0.717) is 19.7 Å². The van der Waals surface area contributed by atoms with Crippen molar-refractivity contribution < 1.29 is 18.3 Å². The largest absolute Gasteiger partial charge is 0.492 e. The van der Waals surface area contributed by atoms with Crippen LogP contribution in [0.2, 0.25) is 0 Å². The molecule has 2 aliphatic heterocycles. The van der Waals surface area contributed by atoms with Gasteiger partial charge in [0.1, 0.15) is 5.75 Å². The minimum absolute atomic E-state index is 0.0312. The van der Waals surface area contributed by atoms with Crippen molar-refractivity contribution in [2.75, 3.05) is 19.7 Å². The third kappa shape index (κ3) is 3.22.